The van der Waals surface area contributed by atoms with Gasteiger partial charge in [0.25, 0.3) is 0 Å². The summed E-state index contributed by atoms with van der Waals surface area (Å²) in [6, 6.07) is 4.35. The van der Waals surface area contributed by atoms with Crippen molar-refractivity contribution in [3.63, 3.8) is 0 Å². The van der Waals surface area contributed by atoms with Crippen molar-refractivity contribution in [3.05, 3.63) is 34.9 Å². The third-order valence-corrected chi connectivity index (χ3v) is 2.67. The summed E-state index contributed by atoms with van der Waals surface area (Å²) in [4.78, 5) is 22.2. The van der Waals surface area contributed by atoms with Crippen molar-refractivity contribution >= 4 is 11.9 Å². The minimum absolute atomic E-state index is 0.205. The zero-order valence-electron chi connectivity index (χ0n) is 9.46. The second-order valence-corrected chi connectivity index (χ2v) is 3.83. The number of carbonyl (C=O) groups is 2. The molecule has 0 radical (unpaired) electrons. The molecule has 1 heterocycles. The van der Waals surface area contributed by atoms with Gasteiger partial charge in [0.2, 0.25) is 0 Å². The van der Waals surface area contributed by atoms with Gasteiger partial charge in [-0.2, -0.15) is 0 Å². The van der Waals surface area contributed by atoms with Crippen LogP contribution in [-0.2, 0) is 15.9 Å². The lowest BCUT2D eigenvalue weighted by Crippen LogP contribution is -2.17. The Hall–Kier alpha value is -1.92. The summed E-state index contributed by atoms with van der Waals surface area (Å²) in [5, 5.41) is 18.1. The van der Waals surface area contributed by atoms with E-state index in [0.29, 0.717) is 18.8 Å². The van der Waals surface area contributed by atoms with Crippen molar-refractivity contribution in [2.24, 2.45) is 0 Å². The molecule has 0 bridgehead atoms. The largest absolute Gasteiger partial charge is 0.478 e. The number of hydrogen-bond donors (Lipinski definition) is 2. The van der Waals surface area contributed by atoms with Crippen LogP contribution in [0.1, 0.15) is 26.3 Å². The first-order valence-electron chi connectivity index (χ1n) is 5.41. The Morgan fingerprint density at radius 2 is 1.83 bits per heavy atom. The summed E-state index contributed by atoms with van der Waals surface area (Å²) in [5.41, 5.74) is -0.0311. The SMILES string of the molecule is O=C(O)c1cccc(CC2OCCO2)c1C(=O)O. The first kappa shape index (κ1) is 12.5. The summed E-state index contributed by atoms with van der Waals surface area (Å²) in [6.07, 6.45) is -0.282. The summed E-state index contributed by atoms with van der Waals surface area (Å²) in [7, 11) is 0. The van der Waals surface area contributed by atoms with Gasteiger partial charge >= 0.3 is 11.9 Å². The second kappa shape index (κ2) is 5.16. The van der Waals surface area contributed by atoms with Gasteiger partial charge in [-0.05, 0) is 11.6 Å². The molecule has 18 heavy (non-hydrogen) atoms. The highest BCUT2D eigenvalue weighted by Crippen LogP contribution is 2.19. The van der Waals surface area contributed by atoms with Crippen molar-refractivity contribution in [1.29, 1.82) is 0 Å². The first-order chi connectivity index (χ1) is 8.59. The van der Waals surface area contributed by atoms with E-state index in [9.17, 15) is 9.59 Å². The second-order valence-electron chi connectivity index (χ2n) is 3.83. The van der Waals surface area contributed by atoms with Crippen molar-refractivity contribution < 1.29 is 29.3 Å². The molecule has 1 aliphatic heterocycles. The van der Waals surface area contributed by atoms with Gasteiger partial charge in [-0.25, -0.2) is 9.59 Å². The average molecular weight is 252 g/mol. The molecule has 0 amide bonds. The maximum absolute atomic E-state index is 11.2. The molecule has 1 aromatic carbocycles. The summed E-state index contributed by atoms with van der Waals surface area (Å²) in [5.74, 6) is -2.52. The molecule has 1 fully saturated rings. The molecule has 6 nitrogen and oxygen atoms in total. The van der Waals surface area contributed by atoms with E-state index >= 15 is 0 Å². The Labute approximate surface area is 103 Å². The van der Waals surface area contributed by atoms with Crippen LogP contribution in [0.4, 0.5) is 0 Å². The van der Waals surface area contributed by atoms with E-state index in [1.165, 1.54) is 12.1 Å². The molecule has 6 heteroatoms. The molecule has 96 valence electrons. The Bertz CT molecular complexity index is 475. The normalized spacial score (nSPS) is 15.8. The summed E-state index contributed by atoms with van der Waals surface area (Å²) >= 11 is 0. The monoisotopic (exact) mass is 252 g/mol. The van der Waals surface area contributed by atoms with E-state index in [-0.39, 0.29) is 17.5 Å². The highest BCUT2D eigenvalue weighted by molar-refractivity contribution is 6.02. The molecule has 0 spiro atoms. The predicted molar refractivity (Wildman–Crippen MR) is 59.8 cm³/mol. The van der Waals surface area contributed by atoms with E-state index < -0.39 is 18.2 Å². The number of hydrogen-bond acceptors (Lipinski definition) is 4. The Kier molecular flexibility index (Phi) is 3.59. The van der Waals surface area contributed by atoms with Crippen LogP contribution in [0.3, 0.4) is 0 Å². The third-order valence-electron chi connectivity index (χ3n) is 2.67. The highest BCUT2D eigenvalue weighted by atomic mass is 16.7. The van der Waals surface area contributed by atoms with Gasteiger partial charge in [0.15, 0.2) is 6.29 Å². The van der Waals surface area contributed by atoms with Gasteiger partial charge in [-0.1, -0.05) is 12.1 Å². The smallest absolute Gasteiger partial charge is 0.336 e. The number of benzene rings is 1. The molecule has 2 N–H and O–H groups in total. The van der Waals surface area contributed by atoms with Crippen LogP contribution < -0.4 is 0 Å². The number of aromatic carboxylic acids is 2. The zero-order chi connectivity index (χ0) is 13.1. The molecule has 1 saturated heterocycles. The van der Waals surface area contributed by atoms with Crippen molar-refractivity contribution in [2.45, 2.75) is 12.7 Å². The van der Waals surface area contributed by atoms with Gasteiger partial charge in [-0.15, -0.1) is 0 Å². The molecular weight excluding hydrogens is 240 g/mol. The standard InChI is InChI=1S/C12H12O6/c13-11(14)8-3-1-2-7(10(8)12(15)16)6-9-17-4-5-18-9/h1-3,9H,4-6H2,(H,13,14)(H,15,16). The molecule has 0 atom stereocenters. The predicted octanol–water partition coefficient (Wildman–Crippen LogP) is 0.998. The third kappa shape index (κ3) is 2.49. The van der Waals surface area contributed by atoms with Crippen LogP contribution in [0.5, 0.6) is 0 Å². The van der Waals surface area contributed by atoms with Crippen LogP contribution in [0.15, 0.2) is 18.2 Å². The minimum Gasteiger partial charge on any atom is -0.478 e. The van der Waals surface area contributed by atoms with Crippen LogP contribution in [0.2, 0.25) is 0 Å². The van der Waals surface area contributed by atoms with E-state index in [1.807, 2.05) is 0 Å². The molecule has 0 aliphatic carbocycles. The molecule has 1 aromatic rings. The summed E-state index contributed by atoms with van der Waals surface area (Å²) < 4.78 is 10.5. The first-order valence-corrected chi connectivity index (χ1v) is 5.41. The quantitative estimate of drug-likeness (QED) is 0.830. The number of ether oxygens (including phenoxy) is 2. The molecule has 1 aliphatic rings. The van der Waals surface area contributed by atoms with Crippen LogP contribution in [0.25, 0.3) is 0 Å². The Morgan fingerprint density at radius 1 is 1.17 bits per heavy atom. The molecule has 0 aromatic heterocycles. The van der Waals surface area contributed by atoms with Crippen molar-refractivity contribution in [1.82, 2.24) is 0 Å². The zero-order valence-corrected chi connectivity index (χ0v) is 9.46. The van der Waals surface area contributed by atoms with E-state index in [2.05, 4.69) is 0 Å². The fourth-order valence-electron chi connectivity index (χ4n) is 1.91. The molecule has 2 rings (SSSR count). The van der Waals surface area contributed by atoms with E-state index in [1.54, 1.807) is 6.07 Å². The van der Waals surface area contributed by atoms with Crippen molar-refractivity contribution in [3.8, 4) is 0 Å². The van der Waals surface area contributed by atoms with E-state index in [4.69, 9.17) is 19.7 Å². The fourth-order valence-corrected chi connectivity index (χ4v) is 1.91. The lowest BCUT2D eigenvalue weighted by atomic mass is 9.98. The topological polar surface area (TPSA) is 93.1 Å². The van der Waals surface area contributed by atoms with Gasteiger partial charge in [0.1, 0.15) is 0 Å². The number of carboxylic acids is 2. The maximum atomic E-state index is 11.2. The average Bonchev–Trinajstić information content (AvgIpc) is 2.81. The van der Waals surface area contributed by atoms with Crippen LogP contribution in [-0.4, -0.2) is 41.7 Å². The fraction of sp³-hybridized carbons (Fsp3) is 0.333. The molecule has 0 unspecified atom stereocenters. The van der Waals surface area contributed by atoms with Gasteiger partial charge in [-0.3, -0.25) is 0 Å². The molecule has 0 saturated carbocycles. The lowest BCUT2D eigenvalue weighted by molar-refractivity contribution is -0.0401. The Morgan fingerprint density at radius 3 is 2.39 bits per heavy atom. The van der Waals surface area contributed by atoms with Gasteiger partial charge in [0.05, 0.1) is 24.3 Å². The highest BCUT2D eigenvalue weighted by Gasteiger charge is 2.24. The summed E-state index contributed by atoms with van der Waals surface area (Å²) in [6.45, 7) is 0.928. The van der Waals surface area contributed by atoms with Gasteiger partial charge in [0, 0.05) is 6.42 Å². The maximum Gasteiger partial charge on any atom is 0.336 e. The number of rotatable bonds is 4. The van der Waals surface area contributed by atoms with Gasteiger partial charge < -0.3 is 19.7 Å². The van der Waals surface area contributed by atoms with Crippen molar-refractivity contribution in [2.75, 3.05) is 13.2 Å². The lowest BCUT2D eigenvalue weighted by Gasteiger charge is -2.12. The van der Waals surface area contributed by atoms with Crippen LogP contribution in [0, 0.1) is 0 Å². The van der Waals surface area contributed by atoms with E-state index in [0.717, 1.165) is 0 Å². The molecular formula is C12H12O6. The number of carboxylic acid groups (broad SMARTS) is 2. The van der Waals surface area contributed by atoms with Crippen LogP contribution >= 0.6 is 0 Å². The minimum atomic E-state index is -1.26. The Balaban J connectivity index is 2.36.